The third-order valence-corrected chi connectivity index (χ3v) is 3.64. The lowest BCUT2D eigenvalue weighted by Gasteiger charge is -2.14. The quantitative estimate of drug-likeness (QED) is 0.733. The van der Waals surface area contributed by atoms with Crippen molar-refractivity contribution in [1.82, 2.24) is 4.90 Å². The van der Waals surface area contributed by atoms with Crippen molar-refractivity contribution in [3.8, 4) is 0 Å². The Labute approximate surface area is 122 Å². The van der Waals surface area contributed by atoms with Gasteiger partial charge < -0.3 is 15.5 Å². The number of hydrogen-bond acceptors (Lipinski definition) is 6. The number of carboxylic acid groups (broad SMARTS) is 2. The lowest BCUT2D eigenvalue weighted by molar-refractivity contribution is -0.141. The smallest absolute Gasteiger partial charge is 0.337 e. The van der Waals surface area contributed by atoms with E-state index in [0.29, 0.717) is 16.7 Å². The zero-order chi connectivity index (χ0) is 15.6. The van der Waals surface area contributed by atoms with Gasteiger partial charge in [0.1, 0.15) is 6.54 Å². The van der Waals surface area contributed by atoms with Crippen molar-refractivity contribution in [3.05, 3.63) is 29.8 Å². The maximum absolute atomic E-state index is 11.9. The van der Waals surface area contributed by atoms with Crippen molar-refractivity contribution in [2.45, 2.75) is 5.37 Å². The van der Waals surface area contributed by atoms with Gasteiger partial charge in [0, 0.05) is 5.69 Å². The highest BCUT2D eigenvalue weighted by atomic mass is 32.2. The van der Waals surface area contributed by atoms with Gasteiger partial charge in [-0.3, -0.25) is 19.3 Å². The number of carbonyl (C=O) groups excluding carboxylic acids is 2. The van der Waals surface area contributed by atoms with E-state index in [9.17, 15) is 19.2 Å². The molecule has 3 N–H and O–H groups in total. The number of nitrogens with one attached hydrogen (secondary N) is 1. The molecule has 0 aromatic heterocycles. The van der Waals surface area contributed by atoms with Crippen LogP contribution in [0.1, 0.15) is 10.4 Å². The first-order valence-corrected chi connectivity index (χ1v) is 6.60. The fourth-order valence-corrected chi connectivity index (χ4v) is 2.65. The molecule has 0 saturated carbocycles. The van der Waals surface area contributed by atoms with Crippen LogP contribution in [0.15, 0.2) is 24.3 Å². The van der Waals surface area contributed by atoms with Gasteiger partial charge in [0.05, 0.1) is 5.56 Å². The number of carbonyl (C=O) groups is 4. The Morgan fingerprint density at radius 3 is 2.52 bits per heavy atom. The average Bonchev–Trinajstić information content (AvgIpc) is 2.66. The molecule has 1 aliphatic rings. The van der Waals surface area contributed by atoms with Gasteiger partial charge in [-0.15, -0.1) is 0 Å². The zero-order valence-electron chi connectivity index (χ0n) is 10.5. The number of thioether (sulfide) groups is 1. The maximum atomic E-state index is 11.9. The van der Waals surface area contributed by atoms with E-state index in [2.05, 4.69) is 5.32 Å². The lowest BCUT2D eigenvalue weighted by Crippen LogP contribution is -2.37. The number of nitrogens with zero attached hydrogens (tertiary/aromatic N) is 1. The molecule has 1 aromatic carbocycles. The molecule has 0 spiro atoms. The van der Waals surface area contributed by atoms with Crippen LogP contribution in [-0.4, -0.2) is 50.1 Å². The summed E-state index contributed by atoms with van der Waals surface area (Å²) in [6, 6.07) is 5.92. The molecule has 0 bridgehead atoms. The summed E-state index contributed by atoms with van der Waals surface area (Å²) in [6.45, 7) is -0.719. The molecule has 1 heterocycles. The first kappa shape index (κ1) is 14.9. The fraction of sp³-hybridized carbons (Fsp3) is 0.167. The number of aromatic carboxylic acids is 1. The summed E-state index contributed by atoms with van der Waals surface area (Å²) in [7, 11) is 0. The van der Waals surface area contributed by atoms with E-state index in [4.69, 9.17) is 10.2 Å². The predicted octanol–water partition coefficient (Wildman–Crippen LogP) is 0.903. The van der Waals surface area contributed by atoms with E-state index < -0.39 is 35.0 Å². The molecule has 0 aliphatic carbocycles. The second-order valence-corrected chi connectivity index (χ2v) is 5.13. The van der Waals surface area contributed by atoms with Crippen molar-refractivity contribution in [2.24, 2.45) is 0 Å². The molecule has 0 unspecified atom stereocenters. The topological polar surface area (TPSA) is 124 Å². The van der Waals surface area contributed by atoms with E-state index in [1.54, 1.807) is 6.07 Å². The van der Waals surface area contributed by atoms with Gasteiger partial charge in [-0.2, -0.15) is 0 Å². The highest BCUT2D eigenvalue weighted by molar-refractivity contribution is 8.15. The molecule has 110 valence electrons. The first-order chi connectivity index (χ1) is 9.90. The molecule has 2 rings (SSSR count). The Morgan fingerprint density at radius 1 is 1.24 bits per heavy atom. The molecule has 9 heteroatoms. The largest absolute Gasteiger partial charge is 0.480 e. The van der Waals surface area contributed by atoms with Crippen molar-refractivity contribution in [2.75, 3.05) is 11.9 Å². The Kier molecular flexibility index (Phi) is 4.13. The van der Waals surface area contributed by atoms with Crippen molar-refractivity contribution >= 4 is 40.5 Å². The van der Waals surface area contributed by atoms with Crippen LogP contribution in [0.2, 0.25) is 0 Å². The van der Waals surface area contributed by atoms with Gasteiger partial charge in [0.25, 0.3) is 11.1 Å². The van der Waals surface area contributed by atoms with Crippen LogP contribution in [0.4, 0.5) is 10.5 Å². The number of imide groups is 1. The van der Waals surface area contributed by atoms with Crippen LogP contribution in [-0.2, 0) is 9.59 Å². The molecule has 21 heavy (non-hydrogen) atoms. The Hall–Kier alpha value is -2.55. The molecular weight excluding hydrogens is 300 g/mol. The van der Waals surface area contributed by atoms with Crippen LogP contribution < -0.4 is 5.32 Å². The van der Waals surface area contributed by atoms with E-state index in [1.165, 1.54) is 18.2 Å². The molecule has 1 aromatic rings. The zero-order valence-corrected chi connectivity index (χ0v) is 11.3. The molecule has 8 nitrogen and oxygen atoms in total. The van der Waals surface area contributed by atoms with Crippen molar-refractivity contribution < 1.29 is 29.4 Å². The number of aliphatic carboxylic acids is 1. The summed E-state index contributed by atoms with van der Waals surface area (Å²) in [5.74, 6) is -3.20. The summed E-state index contributed by atoms with van der Waals surface area (Å²) < 4.78 is 0. The molecular formula is C12H10N2O6S. The second kappa shape index (κ2) is 5.83. The Morgan fingerprint density at radius 2 is 1.90 bits per heavy atom. The third-order valence-electron chi connectivity index (χ3n) is 2.67. The van der Waals surface area contributed by atoms with E-state index in [1.807, 2.05) is 0 Å². The summed E-state index contributed by atoms with van der Waals surface area (Å²) in [6.07, 6.45) is 0. The molecule has 1 atom stereocenters. The molecule has 1 fully saturated rings. The number of rotatable bonds is 5. The second-order valence-electron chi connectivity index (χ2n) is 4.08. The van der Waals surface area contributed by atoms with E-state index in [-0.39, 0.29) is 11.3 Å². The van der Waals surface area contributed by atoms with Crippen LogP contribution in [0.25, 0.3) is 0 Å². The number of amides is 2. The fourth-order valence-electron chi connectivity index (χ4n) is 1.75. The lowest BCUT2D eigenvalue weighted by atomic mass is 10.2. The normalized spacial score (nSPS) is 17.9. The average molecular weight is 310 g/mol. The number of anilines is 1. The third kappa shape index (κ3) is 3.14. The highest BCUT2D eigenvalue weighted by Gasteiger charge is 2.41. The number of para-hydroxylation sites is 1. The van der Waals surface area contributed by atoms with Crippen LogP contribution >= 0.6 is 11.8 Å². The van der Waals surface area contributed by atoms with Gasteiger partial charge in [-0.05, 0) is 23.9 Å². The number of benzene rings is 1. The van der Waals surface area contributed by atoms with Gasteiger partial charge in [0.2, 0.25) is 0 Å². The minimum absolute atomic E-state index is 0.0463. The molecule has 1 aliphatic heterocycles. The summed E-state index contributed by atoms with van der Waals surface area (Å²) in [4.78, 5) is 45.8. The van der Waals surface area contributed by atoms with E-state index >= 15 is 0 Å². The minimum atomic E-state index is -1.30. The summed E-state index contributed by atoms with van der Waals surface area (Å²) >= 11 is 0.609. The summed E-state index contributed by atoms with van der Waals surface area (Å²) in [5, 5.41) is 18.6. The van der Waals surface area contributed by atoms with Gasteiger partial charge in [0.15, 0.2) is 5.37 Å². The highest BCUT2D eigenvalue weighted by Crippen LogP contribution is 2.29. The molecule has 0 radical (unpaired) electrons. The maximum Gasteiger partial charge on any atom is 0.337 e. The van der Waals surface area contributed by atoms with E-state index in [0.717, 1.165) is 0 Å². The van der Waals surface area contributed by atoms with Gasteiger partial charge >= 0.3 is 11.9 Å². The minimum Gasteiger partial charge on any atom is -0.480 e. The number of hydrogen-bond donors (Lipinski definition) is 3. The first-order valence-electron chi connectivity index (χ1n) is 5.73. The summed E-state index contributed by atoms with van der Waals surface area (Å²) in [5.41, 5.74) is 0.135. The van der Waals surface area contributed by atoms with Crippen molar-refractivity contribution in [1.29, 1.82) is 0 Å². The predicted molar refractivity (Wildman–Crippen MR) is 73.1 cm³/mol. The van der Waals surface area contributed by atoms with Crippen LogP contribution in [0.5, 0.6) is 0 Å². The Balaban J connectivity index is 2.18. The molecule has 1 saturated heterocycles. The van der Waals surface area contributed by atoms with Crippen molar-refractivity contribution in [3.63, 3.8) is 0 Å². The van der Waals surface area contributed by atoms with Gasteiger partial charge in [-0.1, -0.05) is 12.1 Å². The van der Waals surface area contributed by atoms with Crippen LogP contribution in [0.3, 0.4) is 0 Å². The Bertz CT molecular complexity index is 632. The van der Waals surface area contributed by atoms with Crippen LogP contribution in [0, 0.1) is 0 Å². The SMILES string of the molecule is O=C(O)CN1C(=O)S[C@@H](Nc2ccccc2C(=O)O)C1=O. The number of carboxylic acids is 2. The van der Waals surface area contributed by atoms with Gasteiger partial charge in [-0.25, -0.2) is 4.79 Å². The monoisotopic (exact) mass is 310 g/mol. The standard InChI is InChI=1S/C12H10N2O6S/c15-8(16)5-14-10(17)9(21-12(14)20)13-7-4-2-1-3-6(7)11(18)19/h1-4,9,13H,5H2,(H,15,16)(H,18,19)/t9-/m1/s1. The molecule has 2 amide bonds.